The molecule has 3 aromatic rings. The number of thioether (sulfide) groups is 1. The van der Waals surface area contributed by atoms with E-state index in [-0.39, 0.29) is 0 Å². The maximum Gasteiger partial charge on any atom is 0.116 e. The van der Waals surface area contributed by atoms with Gasteiger partial charge in [-0.15, -0.1) is 11.8 Å². The second-order valence-corrected chi connectivity index (χ2v) is 5.98. The van der Waals surface area contributed by atoms with E-state index in [2.05, 4.69) is 16.4 Å². The Morgan fingerprint density at radius 3 is 2.78 bits per heavy atom. The van der Waals surface area contributed by atoms with Gasteiger partial charge in [0.15, 0.2) is 0 Å². The van der Waals surface area contributed by atoms with Crippen molar-refractivity contribution in [3.8, 4) is 6.07 Å². The Hall–Kier alpha value is -2.45. The minimum atomic E-state index is 0.604. The van der Waals surface area contributed by atoms with Crippen LogP contribution in [-0.2, 0) is 6.42 Å². The summed E-state index contributed by atoms with van der Waals surface area (Å²) in [4.78, 5) is 4.58. The molecule has 0 aliphatic heterocycles. The molecule has 0 amide bonds. The topological polar surface area (TPSA) is 61.9 Å². The van der Waals surface area contributed by atoms with Gasteiger partial charge in [-0.25, -0.2) is 4.98 Å². The molecule has 0 bridgehead atoms. The number of anilines is 1. The Kier molecular flexibility index (Phi) is 4.54. The predicted molar refractivity (Wildman–Crippen MR) is 93.9 cm³/mol. The summed E-state index contributed by atoms with van der Waals surface area (Å²) in [5.74, 6) is 1.86. The Labute approximate surface area is 139 Å². The van der Waals surface area contributed by atoms with Crippen LogP contribution >= 0.6 is 11.8 Å². The molecule has 116 valence electrons. The van der Waals surface area contributed by atoms with Gasteiger partial charge in [-0.05, 0) is 31.4 Å². The number of aryl methyl sites for hydroxylation is 1. The molecule has 0 atom stereocenters. The molecule has 0 unspecified atom stereocenters. The van der Waals surface area contributed by atoms with E-state index < -0.39 is 0 Å². The van der Waals surface area contributed by atoms with Crippen molar-refractivity contribution in [1.29, 1.82) is 5.26 Å². The summed E-state index contributed by atoms with van der Waals surface area (Å²) < 4.78 is 5.59. The van der Waals surface area contributed by atoms with E-state index in [0.717, 1.165) is 39.6 Å². The number of fused-ring (bicyclic) bond motifs is 1. The number of pyridine rings is 1. The third-order valence-corrected chi connectivity index (χ3v) is 4.32. The number of nitriles is 1. The molecule has 3 rings (SSSR count). The highest BCUT2D eigenvalue weighted by Crippen LogP contribution is 2.32. The third-order valence-electron chi connectivity index (χ3n) is 3.63. The Bertz CT molecular complexity index is 880. The standard InChI is InChI=1S/C18H17N3OS/c1-12-7-8-13(22-12)9-10-20-17-14-5-3-4-6-16(14)21-18(23-2)15(17)11-19/h3-8H,9-10H2,1-2H3,(H,20,21). The highest BCUT2D eigenvalue weighted by molar-refractivity contribution is 7.98. The summed E-state index contributed by atoms with van der Waals surface area (Å²) in [6.45, 7) is 2.63. The number of rotatable bonds is 5. The summed E-state index contributed by atoms with van der Waals surface area (Å²) >= 11 is 1.49. The van der Waals surface area contributed by atoms with Crippen LogP contribution in [0, 0.1) is 18.3 Å². The molecular formula is C18H17N3OS. The van der Waals surface area contributed by atoms with Crippen molar-refractivity contribution in [1.82, 2.24) is 4.98 Å². The molecule has 2 heterocycles. The fourth-order valence-corrected chi connectivity index (χ4v) is 3.10. The molecule has 0 aliphatic carbocycles. The van der Waals surface area contributed by atoms with Gasteiger partial charge in [0.25, 0.3) is 0 Å². The van der Waals surface area contributed by atoms with Crippen LogP contribution in [0.1, 0.15) is 17.1 Å². The van der Waals surface area contributed by atoms with Crippen molar-refractivity contribution < 1.29 is 4.42 Å². The van der Waals surface area contributed by atoms with Crippen LogP contribution < -0.4 is 5.32 Å². The average Bonchev–Trinajstić information content (AvgIpc) is 2.99. The molecule has 0 fully saturated rings. The van der Waals surface area contributed by atoms with Crippen LogP contribution in [0.4, 0.5) is 5.69 Å². The Morgan fingerprint density at radius 1 is 1.26 bits per heavy atom. The molecule has 1 N–H and O–H groups in total. The van der Waals surface area contributed by atoms with Gasteiger partial charge in [-0.3, -0.25) is 0 Å². The first-order chi connectivity index (χ1) is 11.2. The zero-order valence-corrected chi connectivity index (χ0v) is 13.9. The van der Waals surface area contributed by atoms with E-state index in [1.165, 1.54) is 11.8 Å². The van der Waals surface area contributed by atoms with Crippen molar-refractivity contribution in [3.63, 3.8) is 0 Å². The monoisotopic (exact) mass is 323 g/mol. The lowest BCUT2D eigenvalue weighted by Crippen LogP contribution is -2.08. The van der Waals surface area contributed by atoms with Crippen molar-refractivity contribution in [2.24, 2.45) is 0 Å². The second kappa shape index (κ2) is 6.76. The zero-order chi connectivity index (χ0) is 16.2. The maximum absolute atomic E-state index is 9.55. The smallest absolute Gasteiger partial charge is 0.116 e. The largest absolute Gasteiger partial charge is 0.466 e. The van der Waals surface area contributed by atoms with Crippen LogP contribution in [0.2, 0.25) is 0 Å². The van der Waals surface area contributed by atoms with E-state index in [4.69, 9.17) is 4.42 Å². The molecule has 0 spiro atoms. The van der Waals surface area contributed by atoms with E-state index in [0.29, 0.717) is 12.1 Å². The number of hydrogen-bond donors (Lipinski definition) is 1. The molecule has 1 aromatic carbocycles. The van der Waals surface area contributed by atoms with E-state index in [9.17, 15) is 5.26 Å². The molecule has 0 saturated carbocycles. The Balaban J connectivity index is 1.93. The molecule has 0 radical (unpaired) electrons. The predicted octanol–water partition coefficient (Wildman–Crippen LogP) is 4.38. The normalized spacial score (nSPS) is 10.7. The van der Waals surface area contributed by atoms with Gasteiger partial charge in [0.2, 0.25) is 0 Å². The number of nitrogens with zero attached hydrogens (tertiary/aromatic N) is 2. The summed E-state index contributed by atoms with van der Waals surface area (Å²) in [7, 11) is 0. The molecule has 2 aromatic heterocycles. The van der Waals surface area contributed by atoms with Crippen LogP contribution in [-0.4, -0.2) is 17.8 Å². The van der Waals surface area contributed by atoms with Crippen LogP contribution in [0.3, 0.4) is 0 Å². The first-order valence-electron chi connectivity index (χ1n) is 7.39. The summed E-state index contributed by atoms with van der Waals surface area (Å²) in [5.41, 5.74) is 2.35. The summed E-state index contributed by atoms with van der Waals surface area (Å²) in [6, 6.07) is 14.1. The fourth-order valence-electron chi connectivity index (χ4n) is 2.55. The number of benzene rings is 1. The summed E-state index contributed by atoms with van der Waals surface area (Å²) in [5, 5.41) is 14.7. The number of nitrogens with one attached hydrogen (secondary N) is 1. The molecule has 4 nitrogen and oxygen atoms in total. The minimum Gasteiger partial charge on any atom is -0.466 e. The van der Waals surface area contributed by atoms with Crippen LogP contribution in [0.15, 0.2) is 45.8 Å². The van der Waals surface area contributed by atoms with Gasteiger partial charge in [-0.1, -0.05) is 18.2 Å². The van der Waals surface area contributed by atoms with E-state index >= 15 is 0 Å². The number of furan rings is 1. The van der Waals surface area contributed by atoms with Gasteiger partial charge in [0.05, 0.1) is 11.2 Å². The van der Waals surface area contributed by atoms with Crippen molar-refractivity contribution in [2.45, 2.75) is 18.4 Å². The summed E-state index contributed by atoms with van der Waals surface area (Å²) in [6.07, 6.45) is 2.71. The van der Waals surface area contributed by atoms with Crippen molar-refractivity contribution >= 4 is 28.4 Å². The highest BCUT2D eigenvalue weighted by atomic mass is 32.2. The van der Waals surface area contributed by atoms with Crippen LogP contribution in [0.25, 0.3) is 10.9 Å². The second-order valence-electron chi connectivity index (χ2n) is 5.19. The lowest BCUT2D eigenvalue weighted by Gasteiger charge is -2.13. The third kappa shape index (κ3) is 3.17. The first-order valence-corrected chi connectivity index (χ1v) is 8.61. The molecule has 0 aliphatic rings. The quantitative estimate of drug-likeness (QED) is 0.706. The van der Waals surface area contributed by atoms with Crippen molar-refractivity contribution in [2.75, 3.05) is 18.1 Å². The Morgan fingerprint density at radius 2 is 2.09 bits per heavy atom. The maximum atomic E-state index is 9.55. The van der Waals surface area contributed by atoms with Crippen molar-refractivity contribution in [3.05, 3.63) is 53.5 Å². The van der Waals surface area contributed by atoms with Gasteiger partial charge in [0.1, 0.15) is 28.2 Å². The van der Waals surface area contributed by atoms with Gasteiger partial charge in [0, 0.05) is 18.4 Å². The lowest BCUT2D eigenvalue weighted by molar-refractivity contribution is 0.486. The molecule has 23 heavy (non-hydrogen) atoms. The van der Waals surface area contributed by atoms with Crippen LogP contribution in [0.5, 0.6) is 0 Å². The SMILES string of the molecule is CSc1nc2ccccc2c(NCCc2ccc(C)o2)c1C#N. The highest BCUT2D eigenvalue weighted by Gasteiger charge is 2.14. The van der Waals surface area contributed by atoms with E-state index in [1.54, 1.807) is 0 Å². The lowest BCUT2D eigenvalue weighted by atomic mass is 10.1. The van der Waals surface area contributed by atoms with Gasteiger partial charge >= 0.3 is 0 Å². The molecule has 0 saturated heterocycles. The van der Waals surface area contributed by atoms with Gasteiger partial charge < -0.3 is 9.73 Å². The molecule has 5 heteroatoms. The number of aromatic nitrogens is 1. The van der Waals surface area contributed by atoms with E-state index in [1.807, 2.05) is 49.6 Å². The minimum absolute atomic E-state index is 0.604. The van der Waals surface area contributed by atoms with Gasteiger partial charge in [-0.2, -0.15) is 5.26 Å². The molecular weight excluding hydrogens is 306 g/mol. The number of para-hydroxylation sites is 1. The average molecular weight is 323 g/mol. The zero-order valence-electron chi connectivity index (χ0n) is 13.1. The number of hydrogen-bond acceptors (Lipinski definition) is 5. The first kappa shape index (κ1) is 15.4. The fraction of sp³-hybridized carbons (Fsp3) is 0.222.